The molecule has 0 aromatic heterocycles. The first kappa shape index (κ1) is 21.6. The summed E-state index contributed by atoms with van der Waals surface area (Å²) in [5.74, 6) is 0.594. The summed E-state index contributed by atoms with van der Waals surface area (Å²) in [5.41, 5.74) is 5.03. The van der Waals surface area contributed by atoms with Gasteiger partial charge in [0.05, 0.1) is 12.7 Å². The number of esters is 1. The molecule has 1 unspecified atom stereocenters. The number of nitrogens with one attached hydrogen (secondary N) is 1. The predicted octanol–water partition coefficient (Wildman–Crippen LogP) is 6.29. The molecule has 1 N–H and O–H groups in total. The summed E-state index contributed by atoms with van der Waals surface area (Å²) in [6.07, 6.45) is 9.43. The quantitative estimate of drug-likeness (QED) is 0.536. The molecular formula is C26H35NO2. The van der Waals surface area contributed by atoms with Crippen LogP contribution in [0.15, 0.2) is 42.5 Å². The fourth-order valence-electron chi connectivity index (χ4n) is 4.57. The molecule has 0 heterocycles. The minimum absolute atomic E-state index is 0.286. The molecule has 0 spiro atoms. The van der Waals surface area contributed by atoms with Crippen LogP contribution in [0.5, 0.6) is 0 Å². The van der Waals surface area contributed by atoms with Gasteiger partial charge in [-0.05, 0) is 60.1 Å². The fraction of sp³-hybridized carbons (Fsp3) is 0.500. The number of ether oxygens (including phenoxy) is 1. The van der Waals surface area contributed by atoms with E-state index in [-0.39, 0.29) is 5.97 Å². The van der Waals surface area contributed by atoms with Gasteiger partial charge in [-0.2, -0.15) is 0 Å². The van der Waals surface area contributed by atoms with Crippen LogP contribution in [-0.2, 0) is 11.3 Å². The van der Waals surface area contributed by atoms with E-state index in [0.29, 0.717) is 11.6 Å². The van der Waals surface area contributed by atoms with Crippen molar-refractivity contribution in [3.63, 3.8) is 0 Å². The Balaban J connectivity index is 1.76. The largest absolute Gasteiger partial charge is 0.465 e. The minimum Gasteiger partial charge on any atom is -0.465 e. The monoisotopic (exact) mass is 393 g/mol. The van der Waals surface area contributed by atoms with Crippen LogP contribution in [0.2, 0.25) is 0 Å². The van der Waals surface area contributed by atoms with Crippen LogP contribution in [0, 0.1) is 12.8 Å². The maximum absolute atomic E-state index is 12.3. The number of hydrogen-bond donors (Lipinski definition) is 1. The molecule has 0 saturated heterocycles. The van der Waals surface area contributed by atoms with Gasteiger partial charge in [0.1, 0.15) is 0 Å². The first-order valence-corrected chi connectivity index (χ1v) is 11.1. The fourth-order valence-corrected chi connectivity index (χ4v) is 4.57. The van der Waals surface area contributed by atoms with Crippen molar-refractivity contribution >= 4 is 5.97 Å². The Morgan fingerprint density at radius 1 is 1.10 bits per heavy atom. The highest BCUT2D eigenvalue weighted by atomic mass is 16.5. The summed E-state index contributed by atoms with van der Waals surface area (Å²) in [4.78, 5) is 12.3. The van der Waals surface area contributed by atoms with Gasteiger partial charge in [0.2, 0.25) is 0 Å². The van der Waals surface area contributed by atoms with E-state index in [1.165, 1.54) is 51.2 Å². The van der Waals surface area contributed by atoms with Crippen LogP contribution < -0.4 is 5.32 Å². The Labute approximate surface area is 175 Å². The van der Waals surface area contributed by atoms with Crippen molar-refractivity contribution < 1.29 is 9.53 Å². The Morgan fingerprint density at radius 3 is 2.55 bits per heavy atom. The van der Waals surface area contributed by atoms with Gasteiger partial charge in [0.25, 0.3) is 0 Å². The molecule has 1 saturated carbocycles. The van der Waals surface area contributed by atoms with Crippen LogP contribution in [0.4, 0.5) is 0 Å². The molecule has 1 aliphatic carbocycles. The molecule has 0 bridgehead atoms. The third kappa shape index (κ3) is 5.70. The molecular weight excluding hydrogens is 358 g/mol. The van der Waals surface area contributed by atoms with Crippen LogP contribution in [0.3, 0.4) is 0 Å². The van der Waals surface area contributed by atoms with E-state index < -0.39 is 0 Å². The first-order chi connectivity index (χ1) is 14.1. The Hall–Kier alpha value is -2.13. The lowest BCUT2D eigenvalue weighted by Crippen LogP contribution is -2.30. The summed E-state index contributed by atoms with van der Waals surface area (Å²) in [6.45, 7) is 5.18. The highest BCUT2D eigenvalue weighted by molar-refractivity contribution is 5.97. The third-order valence-corrected chi connectivity index (χ3v) is 6.35. The Kier molecular flexibility index (Phi) is 7.88. The van der Waals surface area contributed by atoms with Crippen LogP contribution in [0.1, 0.15) is 73.4 Å². The number of rotatable bonds is 8. The van der Waals surface area contributed by atoms with E-state index in [2.05, 4.69) is 37.4 Å². The van der Waals surface area contributed by atoms with Crippen molar-refractivity contribution in [2.45, 2.75) is 71.4 Å². The summed E-state index contributed by atoms with van der Waals surface area (Å²) >= 11 is 0. The van der Waals surface area contributed by atoms with Crippen LogP contribution >= 0.6 is 0 Å². The lowest BCUT2D eigenvalue weighted by atomic mass is 9.84. The molecule has 29 heavy (non-hydrogen) atoms. The Morgan fingerprint density at radius 2 is 1.86 bits per heavy atom. The van der Waals surface area contributed by atoms with Crippen molar-refractivity contribution in [2.75, 3.05) is 7.11 Å². The zero-order valence-electron chi connectivity index (χ0n) is 18.2. The van der Waals surface area contributed by atoms with Crippen molar-refractivity contribution in [3.05, 3.63) is 59.2 Å². The van der Waals surface area contributed by atoms with E-state index in [9.17, 15) is 4.79 Å². The molecule has 156 valence electrons. The summed E-state index contributed by atoms with van der Waals surface area (Å²) < 4.78 is 5.02. The topological polar surface area (TPSA) is 38.3 Å². The highest BCUT2D eigenvalue weighted by Crippen LogP contribution is 2.30. The SMILES string of the molecule is CCC(CC1CCCCC1)NCc1ccc(C(=O)OC)c(-c2ccccc2C)c1. The number of carbonyl (C=O) groups excluding carboxylic acids is 1. The van der Waals surface area contributed by atoms with Gasteiger partial charge < -0.3 is 10.1 Å². The third-order valence-electron chi connectivity index (χ3n) is 6.35. The molecule has 3 heteroatoms. The van der Waals surface area contributed by atoms with E-state index in [1.54, 1.807) is 0 Å². The van der Waals surface area contributed by atoms with Gasteiger partial charge in [-0.1, -0.05) is 69.4 Å². The standard InChI is InChI=1S/C26H35NO2/c1-4-22(16-20-11-6-5-7-12-20)27-18-21-14-15-24(26(28)29-3)25(17-21)23-13-9-8-10-19(23)2/h8-10,13-15,17,20,22,27H,4-7,11-12,16,18H2,1-3H3. The molecule has 0 radical (unpaired) electrons. The van der Waals surface area contributed by atoms with E-state index >= 15 is 0 Å². The van der Waals surface area contributed by atoms with E-state index in [0.717, 1.165) is 35.6 Å². The van der Waals surface area contributed by atoms with Gasteiger partial charge in [-0.15, -0.1) is 0 Å². The average molecular weight is 394 g/mol. The minimum atomic E-state index is -0.286. The van der Waals surface area contributed by atoms with E-state index in [4.69, 9.17) is 4.74 Å². The number of benzene rings is 2. The number of aryl methyl sites for hydroxylation is 1. The molecule has 2 aromatic carbocycles. The summed E-state index contributed by atoms with van der Waals surface area (Å²) in [7, 11) is 1.44. The second-order valence-electron chi connectivity index (χ2n) is 8.41. The van der Waals surface area contributed by atoms with Crippen molar-refractivity contribution in [3.8, 4) is 11.1 Å². The molecule has 1 fully saturated rings. The molecule has 3 rings (SSSR count). The number of hydrogen-bond acceptors (Lipinski definition) is 3. The molecule has 1 aliphatic rings. The summed E-state index contributed by atoms with van der Waals surface area (Å²) in [5, 5.41) is 3.77. The maximum atomic E-state index is 12.3. The van der Waals surface area contributed by atoms with Gasteiger partial charge >= 0.3 is 5.97 Å². The van der Waals surface area contributed by atoms with Gasteiger partial charge in [-0.25, -0.2) is 4.79 Å². The van der Waals surface area contributed by atoms with Gasteiger partial charge in [0.15, 0.2) is 0 Å². The van der Waals surface area contributed by atoms with Crippen molar-refractivity contribution in [2.24, 2.45) is 5.92 Å². The summed E-state index contributed by atoms with van der Waals surface area (Å²) in [6, 6.07) is 14.9. The second-order valence-corrected chi connectivity index (χ2v) is 8.41. The molecule has 3 nitrogen and oxygen atoms in total. The number of carbonyl (C=O) groups is 1. The van der Waals surface area contributed by atoms with Crippen LogP contribution in [-0.4, -0.2) is 19.1 Å². The zero-order valence-corrected chi connectivity index (χ0v) is 18.2. The van der Waals surface area contributed by atoms with Gasteiger partial charge in [0, 0.05) is 12.6 Å². The molecule has 0 aliphatic heterocycles. The molecule has 0 amide bonds. The zero-order chi connectivity index (χ0) is 20.6. The lowest BCUT2D eigenvalue weighted by Gasteiger charge is -2.26. The van der Waals surface area contributed by atoms with Gasteiger partial charge in [-0.3, -0.25) is 0 Å². The predicted molar refractivity (Wildman–Crippen MR) is 120 cm³/mol. The lowest BCUT2D eigenvalue weighted by molar-refractivity contribution is 0.0601. The average Bonchev–Trinajstić information content (AvgIpc) is 2.77. The first-order valence-electron chi connectivity index (χ1n) is 11.1. The normalized spacial score (nSPS) is 15.8. The van der Waals surface area contributed by atoms with Crippen molar-refractivity contribution in [1.82, 2.24) is 5.32 Å². The highest BCUT2D eigenvalue weighted by Gasteiger charge is 2.19. The Bertz CT molecular complexity index is 808. The smallest absolute Gasteiger partial charge is 0.338 e. The second kappa shape index (κ2) is 10.6. The molecule has 1 atom stereocenters. The van der Waals surface area contributed by atoms with E-state index in [1.807, 2.05) is 24.3 Å². The molecule has 2 aromatic rings. The maximum Gasteiger partial charge on any atom is 0.338 e. The van der Waals surface area contributed by atoms with Crippen LogP contribution in [0.25, 0.3) is 11.1 Å². The number of methoxy groups -OCH3 is 1. The van der Waals surface area contributed by atoms with Crippen molar-refractivity contribution in [1.29, 1.82) is 0 Å².